The molecule has 0 aliphatic carbocycles. The largest absolute Gasteiger partial charge is 0.460 e. The van der Waals surface area contributed by atoms with E-state index in [4.69, 9.17) is 4.74 Å². The smallest absolute Gasteiger partial charge is 0.417 e. The monoisotopic (exact) mass is 1090 g/mol. The lowest BCUT2D eigenvalue weighted by Gasteiger charge is -2.44. The molecule has 5 atom stereocenters. The van der Waals surface area contributed by atoms with Gasteiger partial charge < -0.3 is 40.8 Å². The van der Waals surface area contributed by atoms with Gasteiger partial charge in [-0.2, -0.15) is 13.2 Å². The van der Waals surface area contributed by atoms with Gasteiger partial charge >= 0.3 is 12.1 Å². The number of thiazole rings is 1. The van der Waals surface area contributed by atoms with Gasteiger partial charge in [-0.15, -0.1) is 11.3 Å². The first kappa shape index (κ1) is 57.2. The summed E-state index contributed by atoms with van der Waals surface area (Å²) < 4.78 is 63.7. The Hall–Kier alpha value is -7.46. The number of amides is 5. The molecule has 77 heavy (non-hydrogen) atoms. The molecule has 2 saturated heterocycles. The van der Waals surface area contributed by atoms with Gasteiger partial charge in [0.1, 0.15) is 24.0 Å². The van der Waals surface area contributed by atoms with Gasteiger partial charge in [0.25, 0.3) is 11.8 Å². The zero-order valence-corrected chi connectivity index (χ0v) is 45.0. The predicted octanol–water partition coefficient (Wildman–Crippen LogP) is 7.16. The van der Waals surface area contributed by atoms with Crippen molar-refractivity contribution in [3.8, 4) is 21.6 Å². The minimum absolute atomic E-state index is 0.00855. The Bertz CT molecular complexity index is 3090. The number of alkyl halides is 3. The fourth-order valence-corrected chi connectivity index (χ4v) is 10.1. The molecule has 3 aromatic carbocycles. The van der Waals surface area contributed by atoms with Crippen molar-refractivity contribution in [1.82, 2.24) is 35.7 Å². The van der Waals surface area contributed by atoms with Crippen molar-refractivity contribution in [1.29, 1.82) is 0 Å². The molecule has 7 rings (SSSR count). The summed E-state index contributed by atoms with van der Waals surface area (Å²) in [6.45, 7) is 14.7. The third-order valence-electron chi connectivity index (χ3n) is 13.8. The third kappa shape index (κ3) is 13.6. The number of ether oxygens (including phenoxy) is 1. The van der Waals surface area contributed by atoms with E-state index in [2.05, 4.69) is 36.1 Å². The standard InChI is InChI=1S/C55H63F4N9O8S/c1-29(2)53(75)76-37-20-44(51(73)61-22-33-10-12-34(13-11-33)47-32(5)63-28-77-47)68(27-37)52(74)48(54(6,7)8)65-46(70)24-62-49(71)36-14-16-41(56)38(18-36)35-15-17-43(67-25-30(3)66(9)31(4)26-67)42(19-35)64-50(72)39-23-60-45(69)21-40(39)55(57,58)59/h10-19,21,23,28-31,37,44,48H,20,22,24-27H2,1-9H3,(H,60,69)(H,61,73)(H,62,71)(H,64,72)(H,65,70)/t30-,31+,37-,44+,48?/m1/s1. The number of hydrogen-bond acceptors (Lipinski definition) is 12. The minimum atomic E-state index is -5.05. The number of aromatic amines is 1. The number of nitrogens with zero attached hydrogens (tertiary/aromatic N) is 4. The number of aromatic nitrogens is 2. The fourth-order valence-electron chi connectivity index (χ4n) is 9.28. The van der Waals surface area contributed by atoms with Crippen molar-refractivity contribution in [2.75, 3.05) is 43.4 Å². The van der Waals surface area contributed by atoms with Gasteiger partial charge in [0, 0.05) is 61.5 Å². The SMILES string of the molecule is Cc1ncsc1-c1ccc(CNC(=O)[C@@H]2C[C@@H](OC(=O)C(C)C)CN2C(=O)C(NC(=O)CNC(=O)c2ccc(F)c(-c3ccc(N4C[C@@H](C)N(C)[C@@H](C)C4)c(NC(=O)c4c[nH]c(=O)cc4C(F)(F)F)c3)c2)C(C)(C)C)cc1. The van der Waals surface area contributed by atoms with Crippen molar-refractivity contribution < 1.29 is 51.1 Å². The highest BCUT2D eigenvalue weighted by Gasteiger charge is 2.46. The van der Waals surface area contributed by atoms with Crippen molar-refractivity contribution in [2.24, 2.45) is 11.3 Å². The number of pyridine rings is 1. The lowest BCUT2D eigenvalue weighted by Crippen LogP contribution is -2.58. The van der Waals surface area contributed by atoms with E-state index in [0.717, 1.165) is 27.8 Å². The molecule has 5 N–H and O–H groups in total. The summed E-state index contributed by atoms with van der Waals surface area (Å²) in [5.74, 6) is -5.64. The molecular weight excluding hydrogens is 1020 g/mol. The van der Waals surface area contributed by atoms with Crippen molar-refractivity contribution in [3.05, 3.63) is 123 Å². The Kier molecular flexibility index (Phi) is 17.4. The van der Waals surface area contributed by atoms with Gasteiger partial charge in [-0.3, -0.25) is 38.5 Å². The van der Waals surface area contributed by atoms with Crippen LogP contribution in [0.3, 0.4) is 0 Å². The van der Waals surface area contributed by atoms with Gasteiger partial charge in [0.05, 0.1) is 57.6 Å². The Morgan fingerprint density at radius 2 is 1.56 bits per heavy atom. The molecule has 0 spiro atoms. The number of anilines is 2. The number of benzene rings is 3. The molecule has 2 aliphatic heterocycles. The number of rotatable bonds is 15. The van der Waals surface area contributed by atoms with Crippen LogP contribution in [0.15, 0.2) is 83.2 Å². The van der Waals surface area contributed by atoms with Gasteiger partial charge in [0.15, 0.2) is 0 Å². The Morgan fingerprint density at radius 1 is 0.883 bits per heavy atom. The Balaban J connectivity index is 1.07. The Morgan fingerprint density at radius 3 is 2.18 bits per heavy atom. The van der Waals surface area contributed by atoms with E-state index >= 15 is 4.39 Å². The number of piperazine rings is 1. The summed E-state index contributed by atoms with van der Waals surface area (Å²) in [7, 11) is 1.96. The number of carbonyl (C=O) groups is 6. The molecule has 22 heteroatoms. The molecule has 0 radical (unpaired) electrons. The van der Waals surface area contributed by atoms with Gasteiger partial charge in [-0.05, 0) is 80.3 Å². The summed E-state index contributed by atoms with van der Waals surface area (Å²) in [4.78, 5) is 107. The second-order valence-electron chi connectivity index (χ2n) is 21.0. The quantitative estimate of drug-likeness (QED) is 0.0524. The maximum Gasteiger partial charge on any atom is 0.417 e. The van der Waals surface area contributed by atoms with Crippen LogP contribution < -0.4 is 31.7 Å². The van der Waals surface area contributed by atoms with E-state index in [9.17, 15) is 46.7 Å². The fraction of sp³-hybridized carbons (Fsp3) is 0.418. The molecule has 5 amide bonds. The first-order valence-electron chi connectivity index (χ1n) is 25.1. The number of carbonyl (C=O) groups excluding carboxylic acids is 6. The summed E-state index contributed by atoms with van der Waals surface area (Å²) in [6, 6.07) is 13.6. The normalized spacial score (nSPS) is 18.4. The summed E-state index contributed by atoms with van der Waals surface area (Å²) in [5, 5.41) is 10.7. The molecule has 0 saturated carbocycles. The first-order chi connectivity index (χ1) is 36.2. The molecule has 1 unspecified atom stereocenters. The summed E-state index contributed by atoms with van der Waals surface area (Å²) in [5.41, 5.74) is 0.546. The number of esters is 1. The molecule has 5 aromatic rings. The van der Waals surface area contributed by atoms with Gasteiger partial charge in [-0.25, -0.2) is 9.37 Å². The summed E-state index contributed by atoms with van der Waals surface area (Å²) >= 11 is 1.52. The van der Waals surface area contributed by atoms with Crippen LogP contribution in [0.25, 0.3) is 21.6 Å². The molecule has 2 fully saturated rings. The number of halogens is 4. The molecule has 4 heterocycles. The second-order valence-corrected chi connectivity index (χ2v) is 21.8. The third-order valence-corrected chi connectivity index (χ3v) is 14.8. The average molecular weight is 1090 g/mol. The average Bonchev–Trinajstić information content (AvgIpc) is 4.01. The summed E-state index contributed by atoms with van der Waals surface area (Å²) in [6.07, 6.45) is -5.18. The second kappa shape index (κ2) is 23.4. The lowest BCUT2D eigenvalue weighted by molar-refractivity contribution is -0.153. The van der Waals surface area contributed by atoms with Crippen LogP contribution in [0.2, 0.25) is 0 Å². The van der Waals surface area contributed by atoms with Crippen LogP contribution in [0.4, 0.5) is 28.9 Å². The van der Waals surface area contributed by atoms with Crippen LogP contribution in [0.5, 0.6) is 0 Å². The highest BCUT2D eigenvalue weighted by atomic mass is 32.1. The Labute approximate surface area is 447 Å². The number of H-pyrrole nitrogens is 1. The highest BCUT2D eigenvalue weighted by molar-refractivity contribution is 7.13. The van der Waals surface area contributed by atoms with Crippen LogP contribution in [0.1, 0.15) is 92.4 Å². The van der Waals surface area contributed by atoms with Crippen LogP contribution in [-0.2, 0) is 36.6 Å². The van der Waals surface area contributed by atoms with Crippen LogP contribution >= 0.6 is 11.3 Å². The van der Waals surface area contributed by atoms with E-state index in [-0.39, 0.29) is 54.0 Å². The minimum Gasteiger partial charge on any atom is -0.460 e. The number of aryl methyl sites for hydroxylation is 1. The molecular formula is C55H63F4N9O8S. The van der Waals surface area contributed by atoms with Crippen molar-refractivity contribution >= 4 is 58.2 Å². The van der Waals surface area contributed by atoms with E-state index in [1.54, 1.807) is 52.3 Å². The zero-order chi connectivity index (χ0) is 56.3. The number of hydrogen-bond donors (Lipinski definition) is 5. The predicted molar refractivity (Wildman–Crippen MR) is 283 cm³/mol. The van der Waals surface area contributed by atoms with Gasteiger partial charge in [-0.1, -0.05) is 65.0 Å². The highest BCUT2D eigenvalue weighted by Crippen LogP contribution is 2.37. The van der Waals surface area contributed by atoms with Crippen LogP contribution in [-0.4, -0.2) is 119 Å². The van der Waals surface area contributed by atoms with Crippen molar-refractivity contribution in [2.45, 2.75) is 105 Å². The first-order valence-corrected chi connectivity index (χ1v) is 26.0. The molecule has 17 nitrogen and oxygen atoms in total. The molecule has 410 valence electrons. The zero-order valence-electron chi connectivity index (χ0n) is 44.2. The molecule has 2 aromatic heterocycles. The topological polar surface area (TPSA) is 215 Å². The number of nitrogens with one attached hydrogen (secondary N) is 5. The molecule has 0 bridgehead atoms. The van der Waals surface area contributed by atoms with E-state index in [0.29, 0.717) is 31.0 Å². The lowest BCUT2D eigenvalue weighted by atomic mass is 9.85. The van der Waals surface area contributed by atoms with Gasteiger partial charge in [0.2, 0.25) is 23.3 Å². The molecule has 2 aliphatic rings. The van der Waals surface area contributed by atoms with E-state index in [1.165, 1.54) is 34.4 Å². The van der Waals surface area contributed by atoms with E-state index < -0.39 is 100 Å². The maximum atomic E-state index is 15.8. The maximum absolute atomic E-state index is 15.8. The number of likely N-dealkylation sites (N-methyl/N-ethyl adjacent to an activating group) is 1. The van der Waals surface area contributed by atoms with E-state index in [1.807, 2.05) is 57.0 Å². The number of likely N-dealkylation sites (tertiary alicyclic amines) is 1. The van der Waals surface area contributed by atoms with Crippen LogP contribution in [0, 0.1) is 24.1 Å². The van der Waals surface area contributed by atoms with Crippen molar-refractivity contribution in [3.63, 3.8) is 0 Å².